The zero-order valence-electron chi connectivity index (χ0n) is 17.9. The van der Waals surface area contributed by atoms with Crippen LogP contribution in [0.4, 0.5) is 0 Å². The Morgan fingerprint density at radius 3 is 2.48 bits per heavy atom. The Labute approximate surface area is 204 Å². The zero-order chi connectivity index (χ0) is 23.8. The summed E-state index contributed by atoms with van der Waals surface area (Å²) in [5.74, 6) is 0.220. The topological polar surface area (TPSA) is 106 Å². The van der Waals surface area contributed by atoms with Gasteiger partial charge >= 0.3 is 5.97 Å². The van der Waals surface area contributed by atoms with Gasteiger partial charge < -0.3 is 19.3 Å². The number of benzene rings is 3. The van der Waals surface area contributed by atoms with Gasteiger partial charge in [0.25, 0.3) is 5.91 Å². The second kappa shape index (κ2) is 11.3. The molecule has 1 amide bonds. The SMILES string of the molecule is COc1cc(C(=O)N/N=C/c2ccc(OCc3cccc(C(=O)O)c3)c(OC)c2)ccc1I. The number of aromatic carboxylic acids is 1. The molecular formula is C24H21IN2O6. The van der Waals surface area contributed by atoms with E-state index in [2.05, 4.69) is 33.1 Å². The lowest BCUT2D eigenvalue weighted by Gasteiger charge is -2.11. The first-order valence-corrected chi connectivity index (χ1v) is 10.8. The van der Waals surface area contributed by atoms with E-state index in [-0.39, 0.29) is 18.1 Å². The molecule has 9 heteroatoms. The van der Waals surface area contributed by atoms with Crippen LogP contribution in [0, 0.1) is 3.57 Å². The predicted octanol–water partition coefficient (Wildman–Crippen LogP) is 4.35. The van der Waals surface area contributed by atoms with Gasteiger partial charge in [0, 0.05) is 5.56 Å². The van der Waals surface area contributed by atoms with Crippen LogP contribution in [0.1, 0.15) is 31.8 Å². The number of halogens is 1. The average Bonchev–Trinajstić information content (AvgIpc) is 2.83. The number of carboxylic acid groups (broad SMARTS) is 1. The number of ether oxygens (including phenoxy) is 3. The van der Waals surface area contributed by atoms with Crippen LogP contribution in [0.5, 0.6) is 17.2 Å². The molecule has 0 saturated carbocycles. The van der Waals surface area contributed by atoms with Crippen molar-refractivity contribution in [3.8, 4) is 17.2 Å². The summed E-state index contributed by atoms with van der Waals surface area (Å²) in [4.78, 5) is 23.4. The number of hydrogen-bond acceptors (Lipinski definition) is 6. The van der Waals surface area contributed by atoms with Gasteiger partial charge in [-0.15, -0.1) is 0 Å². The number of nitrogens with one attached hydrogen (secondary N) is 1. The van der Waals surface area contributed by atoms with Crippen LogP contribution in [0.3, 0.4) is 0 Å². The molecule has 3 aromatic carbocycles. The van der Waals surface area contributed by atoms with E-state index in [4.69, 9.17) is 19.3 Å². The minimum Gasteiger partial charge on any atom is -0.496 e. The van der Waals surface area contributed by atoms with Crippen molar-refractivity contribution < 1.29 is 28.9 Å². The maximum absolute atomic E-state index is 12.3. The summed E-state index contributed by atoms with van der Waals surface area (Å²) in [5.41, 5.74) is 4.51. The molecule has 170 valence electrons. The number of carboxylic acids is 1. The van der Waals surface area contributed by atoms with E-state index < -0.39 is 5.97 Å². The standard InChI is InChI=1S/C24H21IN2O6/c1-31-21-12-17(7-8-19(21)25)23(28)27-26-13-15-6-9-20(22(11-15)32-2)33-14-16-4-3-5-18(10-16)24(29)30/h3-13H,14H2,1-2H3,(H,27,28)(H,29,30)/b26-13+. The van der Waals surface area contributed by atoms with Gasteiger partial charge in [0.2, 0.25) is 0 Å². The first-order valence-electron chi connectivity index (χ1n) is 9.71. The smallest absolute Gasteiger partial charge is 0.335 e. The van der Waals surface area contributed by atoms with Gasteiger partial charge in [0.1, 0.15) is 12.4 Å². The molecule has 2 N–H and O–H groups in total. The molecule has 0 fully saturated rings. The molecule has 0 aliphatic rings. The third kappa shape index (κ3) is 6.45. The Kier molecular flexibility index (Phi) is 8.25. The van der Waals surface area contributed by atoms with Crippen LogP contribution in [-0.2, 0) is 6.61 Å². The molecule has 33 heavy (non-hydrogen) atoms. The fourth-order valence-corrected chi connectivity index (χ4v) is 3.43. The van der Waals surface area contributed by atoms with Crippen LogP contribution in [0.15, 0.2) is 65.8 Å². The molecule has 0 heterocycles. The van der Waals surface area contributed by atoms with Gasteiger partial charge in [-0.05, 0) is 82.2 Å². The molecule has 0 spiro atoms. The third-order valence-electron chi connectivity index (χ3n) is 4.55. The largest absolute Gasteiger partial charge is 0.496 e. The molecule has 0 radical (unpaired) electrons. The van der Waals surface area contributed by atoms with E-state index in [0.717, 1.165) is 9.13 Å². The van der Waals surface area contributed by atoms with E-state index in [0.29, 0.717) is 28.4 Å². The lowest BCUT2D eigenvalue weighted by atomic mass is 10.1. The number of hydrogen-bond donors (Lipinski definition) is 2. The zero-order valence-corrected chi connectivity index (χ0v) is 20.0. The molecule has 0 unspecified atom stereocenters. The first kappa shape index (κ1) is 24.1. The highest BCUT2D eigenvalue weighted by Gasteiger charge is 2.10. The minimum absolute atomic E-state index is 0.181. The summed E-state index contributed by atoms with van der Waals surface area (Å²) < 4.78 is 17.3. The molecule has 0 aliphatic carbocycles. The van der Waals surface area contributed by atoms with Crippen LogP contribution in [0.25, 0.3) is 0 Å². The fraction of sp³-hybridized carbons (Fsp3) is 0.125. The lowest BCUT2D eigenvalue weighted by Crippen LogP contribution is -2.17. The van der Waals surface area contributed by atoms with E-state index in [1.807, 2.05) is 0 Å². The Morgan fingerprint density at radius 1 is 0.970 bits per heavy atom. The van der Waals surface area contributed by atoms with Crippen molar-refractivity contribution in [3.05, 3.63) is 86.5 Å². The number of amides is 1. The van der Waals surface area contributed by atoms with Crippen molar-refractivity contribution in [2.45, 2.75) is 6.61 Å². The van der Waals surface area contributed by atoms with Gasteiger partial charge in [-0.1, -0.05) is 12.1 Å². The predicted molar refractivity (Wildman–Crippen MR) is 131 cm³/mol. The molecular weight excluding hydrogens is 539 g/mol. The number of carbonyl (C=O) groups excluding carboxylic acids is 1. The Balaban J connectivity index is 1.64. The Hall–Kier alpha value is -3.60. The molecule has 3 aromatic rings. The van der Waals surface area contributed by atoms with Crippen LogP contribution in [0.2, 0.25) is 0 Å². The normalized spacial score (nSPS) is 10.6. The van der Waals surface area contributed by atoms with Gasteiger partial charge in [-0.25, -0.2) is 10.2 Å². The summed E-state index contributed by atoms with van der Waals surface area (Å²) >= 11 is 2.13. The van der Waals surface area contributed by atoms with Crippen molar-refractivity contribution in [2.75, 3.05) is 14.2 Å². The van der Waals surface area contributed by atoms with Crippen molar-refractivity contribution in [1.29, 1.82) is 0 Å². The molecule has 0 atom stereocenters. The third-order valence-corrected chi connectivity index (χ3v) is 5.44. The highest BCUT2D eigenvalue weighted by molar-refractivity contribution is 14.1. The molecule has 0 saturated heterocycles. The van der Waals surface area contributed by atoms with Crippen molar-refractivity contribution in [3.63, 3.8) is 0 Å². The Bertz CT molecular complexity index is 1200. The van der Waals surface area contributed by atoms with Crippen LogP contribution in [-0.4, -0.2) is 37.4 Å². The maximum atomic E-state index is 12.3. The summed E-state index contributed by atoms with van der Waals surface area (Å²) in [5, 5.41) is 13.1. The number of hydrazone groups is 1. The van der Waals surface area contributed by atoms with Gasteiger partial charge in [0.15, 0.2) is 11.5 Å². The average molecular weight is 560 g/mol. The summed E-state index contributed by atoms with van der Waals surface area (Å²) in [6.45, 7) is 0.181. The van der Waals surface area contributed by atoms with E-state index >= 15 is 0 Å². The van der Waals surface area contributed by atoms with Crippen LogP contribution < -0.4 is 19.6 Å². The van der Waals surface area contributed by atoms with Crippen molar-refractivity contribution in [2.24, 2.45) is 5.10 Å². The highest BCUT2D eigenvalue weighted by Crippen LogP contribution is 2.28. The molecule has 3 rings (SSSR count). The number of nitrogens with zero attached hydrogens (tertiary/aromatic N) is 1. The highest BCUT2D eigenvalue weighted by atomic mass is 127. The van der Waals surface area contributed by atoms with Crippen LogP contribution >= 0.6 is 22.6 Å². The molecule has 0 aromatic heterocycles. The fourth-order valence-electron chi connectivity index (χ4n) is 2.87. The van der Waals surface area contributed by atoms with E-state index in [1.54, 1.807) is 61.7 Å². The minimum atomic E-state index is -0.994. The molecule has 0 aliphatic heterocycles. The van der Waals surface area contributed by atoms with Gasteiger partial charge in [0.05, 0.1) is 29.6 Å². The van der Waals surface area contributed by atoms with E-state index in [1.165, 1.54) is 19.4 Å². The summed E-state index contributed by atoms with van der Waals surface area (Å²) in [7, 11) is 3.06. The molecule has 8 nitrogen and oxygen atoms in total. The van der Waals surface area contributed by atoms with Crippen molar-refractivity contribution >= 4 is 40.7 Å². The first-order chi connectivity index (χ1) is 15.9. The number of carbonyl (C=O) groups is 2. The van der Waals surface area contributed by atoms with Gasteiger partial charge in [-0.2, -0.15) is 5.10 Å². The molecule has 0 bridgehead atoms. The lowest BCUT2D eigenvalue weighted by molar-refractivity contribution is 0.0696. The maximum Gasteiger partial charge on any atom is 0.335 e. The number of rotatable bonds is 9. The van der Waals surface area contributed by atoms with Crippen molar-refractivity contribution in [1.82, 2.24) is 5.43 Å². The Morgan fingerprint density at radius 2 is 1.76 bits per heavy atom. The van der Waals surface area contributed by atoms with E-state index in [9.17, 15) is 9.59 Å². The number of methoxy groups -OCH3 is 2. The summed E-state index contributed by atoms with van der Waals surface area (Å²) in [6.07, 6.45) is 1.49. The summed E-state index contributed by atoms with van der Waals surface area (Å²) in [6, 6.07) is 16.8. The second-order valence-electron chi connectivity index (χ2n) is 6.75. The monoisotopic (exact) mass is 560 g/mol. The quantitative estimate of drug-likeness (QED) is 0.229. The second-order valence-corrected chi connectivity index (χ2v) is 7.92. The van der Waals surface area contributed by atoms with Gasteiger partial charge in [-0.3, -0.25) is 4.79 Å².